The highest BCUT2D eigenvalue weighted by molar-refractivity contribution is 6.40. The first-order valence-electron chi connectivity index (χ1n) is 6.97. The first-order valence-corrected chi connectivity index (χ1v) is 6.97. The van der Waals surface area contributed by atoms with Crippen LogP contribution in [0.15, 0.2) is 33.3 Å². The molecule has 0 aliphatic heterocycles. The summed E-state index contributed by atoms with van der Waals surface area (Å²) in [5.74, 6) is -0.338. The molecule has 120 valence electrons. The van der Waals surface area contributed by atoms with E-state index in [1.807, 2.05) is 13.8 Å². The van der Waals surface area contributed by atoms with E-state index in [0.29, 0.717) is 30.1 Å². The van der Waals surface area contributed by atoms with Crippen LogP contribution in [0.5, 0.6) is 11.5 Å². The molecular weight excluding hydrogens is 282 g/mol. The molecule has 1 aromatic rings. The molecule has 3 N–H and O–H groups in total. The Morgan fingerprint density at radius 1 is 1.14 bits per heavy atom. The molecule has 0 amide bonds. The van der Waals surface area contributed by atoms with Crippen LogP contribution in [0.1, 0.15) is 33.3 Å². The van der Waals surface area contributed by atoms with Crippen molar-refractivity contribution in [3.05, 3.63) is 23.8 Å². The fourth-order valence-electron chi connectivity index (χ4n) is 1.61. The quantitative estimate of drug-likeness (QED) is 0.326. The zero-order valence-corrected chi connectivity index (χ0v) is 13.4. The second kappa shape index (κ2) is 7.59. The summed E-state index contributed by atoms with van der Waals surface area (Å²) in [6.45, 7) is 8.57. The summed E-state index contributed by atoms with van der Waals surface area (Å²) < 4.78 is 0. The normalized spacial score (nSPS) is 13.8. The molecule has 0 saturated carbocycles. The van der Waals surface area contributed by atoms with E-state index in [1.54, 1.807) is 26.0 Å². The van der Waals surface area contributed by atoms with Crippen molar-refractivity contribution in [2.75, 3.05) is 13.1 Å². The van der Waals surface area contributed by atoms with Crippen LogP contribution in [0.2, 0.25) is 0 Å². The van der Waals surface area contributed by atoms with Gasteiger partial charge in [-0.05, 0) is 26.0 Å². The van der Waals surface area contributed by atoms with Crippen LogP contribution in [-0.4, -0.2) is 46.1 Å². The number of aliphatic imine (C=N–C) groups is 2. The number of phenols is 2. The molecule has 0 fully saturated rings. The standard InChI is InChI=1S/C16H23N3O3/c1-11(12(2)19-22)18-10-16(3,4)9-17-8-13-6-5-7-14(20)15(13)21/h5-8,20-22H,9-10H2,1-4H3/b17-8?,18-11?,19-12+. The van der Waals surface area contributed by atoms with Crippen molar-refractivity contribution in [3.8, 4) is 11.5 Å². The molecule has 0 bridgehead atoms. The summed E-state index contributed by atoms with van der Waals surface area (Å²) in [4.78, 5) is 8.70. The second-order valence-electron chi connectivity index (χ2n) is 5.94. The molecule has 1 rings (SSSR count). The molecule has 0 aliphatic carbocycles. The molecule has 0 unspecified atom stereocenters. The van der Waals surface area contributed by atoms with E-state index < -0.39 is 0 Å². The van der Waals surface area contributed by atoms with Gasteiger partial charge < -0.3 is 15.4 Å². The Hall–Kier alpha value is -2.37. The van der Waals surface area contributed by atoms with Gasteiger partial charge in [0.2, 0.25) is 0 Å². The molecule has 0 heterocycles. The SMILES string of the molecule is CC(=NCC(C)(C)CN=Cc1cccc(O)c1O)/C(C)=N/O. The Morgan fingerprint density at radius 3 is 2.45 bits per heavy atom. The molecule has 22 heavy (non-hydrogen) atoms. The molecule has 0 spiro atoms. The molecule has 0 saturated heterocycles. The monoisotopic (exact) mass is 305 g/mol. The molecule has 0 aliphatic rings. The summed E-state index contributed by atoms with van der Waals surface area (Å²) in [5.41, 5.74) is 1.47. The van der Waals surface area contributed by atoms with Crippen molar-refractivity contribution in [1.29, 1.82) is 0 Å². The van der Waals surface area contributed by atoms with Crippen molar-refractivity contribution in [2.24, 2.45) is 20.6 Å². The van der Waals surface area contributed by atoms with E-state index in [-0.39, 0.29) is 16.9 Å². The van der Waals surface area contributed by atoms with Crippen molar-refractivity contribution in [3.63, 3.8) is 0 Å². The van der Waals surface area contributed by atoms with Crippen LogP contribution in [0.3, 0.4) is 0 Å². The average Bonchev–Trinajstić information content (AvgIpc) is 2.48. The third-order valence-electron chi connectivity index (χ3n) is 3.21. The van der Waals surface area contributed by atoms with E-state index in [4.69, 9.17) is 5.21 Å². The summed E-state index contributed by atoms with van der Waals surface area (Å²) >= 11 is 0. The topological polar surface area (TPSA) is 97.8 Å². The summed E-state index contributed by atoms with van der Waals surface area (Å²) in [7, 11) is 0. The Kier molecular flexibility index (Phi) is 6.10. The highest BCUT2D eigenvalue weighted by Gasteiger charge is 2.17. The Morgan fingerprint density at radius 2 is 1.82 bits per heavy atom. The van der Waals surface area contributed by atoms with Crippen molar-refractivity contribution >= 4 is 17.6 Å². The maximum atomic E-state index is 9.69. The lowest BCUT2D eigenvalue weighted by atomic mass is 9.94. The molecule has 6 nitrogen and oxygen atoms in total. The lowest BCUT2D eigenvalue weighted by Gasteiger charge is -2.19. The van der Waals surface area contributed by atoms with E-state index in [0.717, 1.165) is 0 Å². The van der Waals surface area contributed by atoms with E-state index >= 15 is 0 Å². The van der Waals surface area contributed by atoms with Gasteiger partial charge in [-0.3, -0.25) is 9.98 Å². The van der Waals surface area contributed by atoms with Crippen LogP contribution >= 0.6 is 0 Å². The Labute approximate surface area is 130 Å². The summed E-state index contributed by atoms with van der Waals surface area (Å²) in [6, 6.07) is 4.74. The third kappa shape index (κ3) is 5.20. The van der Waals surface area contributed by atoms with Gasteiger partial charge in [0.15, 0.2) is 11.5 Å². The van der Waals surface area contributed by atoms with Gasteiger partial charge in [0.05, 0.1) is 11.4 Å². The number of nitrogens with zero attached hydrogens (tertiary/aromatic N) is 3. The van der Waals surface area contributed by atoms with Crippen molar-refractivity contribution in [2.45, 2.75) is 27.7 Å². The zero-order chi connectivity index (χ0) is 16.8. The molecular formula is C16H23N3O3. The lowest BCUT2D eigenvalue weighted by Crippen LogP contribution is -2.21. The lowest BCUT2D eigenvalue weighted by molar-refractivity contribution is 0.319. The number of benzene rings is 1. The molecule has 0 aromatic heterocycles. The smallest absolute Gasteiger partial charge is 0.166 e. The zero-order valence-electron chi connectivity index (χ0n) is 13.4. The number of oxime groups is 1. The van der Waals surface area contributed by atoms with Crippen molar-refractivity contribution < 1.29 is 15.4 Å². The number of phenolic OH excluding ortho intramolecular Hbond substituents is 2. The Balaban J connectivity index is 2.69. The summed E-state index contributed by atoms with van der Waals surface area (Å²) in [5, 5.41) is 30.9. The third-order valence-corrected chi connectivity index (χ3v) is 3.21. The minimum atomic E-state index is -0.181. The highest BCUT2D eigenvalue weighted by atomic mass is 16.4. The summed E-state index contributed by atoms with van der Waals surface area (Å²) in [6.07, 6.45) is 1.54. The van der Waals surface area contributed by atoms with E-state index in [2.05, 4.69) is 15.1 Å². The van der Waals surface area contributed by atoms with Crippen LogP contribution < -0.4 is 0 Å². The average molecular weight is 305 g/mol. The first kappa shape index (κ1) is 17.7. The van der Waals surface area contributed by atoms with Gasteiger partial charge in [-0.2, -0.15) is 0 Å². The number of para-hydroxylation sites is 1. The van der Waals surface area contributed by atoms with Gasteiger partial charge in [0.1, 0.15) is 0 Å². The first-order chi connectivity index (χ1) is 10.3. The van der Waals surface area contributed by atoms with Crippen LogP contribution in [0, 0.1) is 5.41 Å². The van der Waals surface area contributed by atoms with Gasteiger partial charge in [-0.1, -0.05) is 25.1 Å². The fraction of sp³-hybridized carbons (Fsp3) is 0.438. The van der Waals surface area contributed by atoms with Crippen LogP contribution in [-0.2, 0) is 0 Å². The minimum absolute atomic E-state index is 0.165. The molecule has 6 heteroatoms. The Bertz CT molecular complexity index is 605. The van der Waals surface area contributed by atoms with Gasteiger partial charge in [-0.25, -0.2) is 0 Å². The van der Waals surface area contributed by atoms with Gasteiger partial charge in [0.25, 0.3) is 0 Å². The van der Waals surface area contributed by atoms with Crippen molar-refractivity contribution in [1.82, 2.24) is 0 Å². The van der Waals surface area contributed by atoms with Crippen LogP contribution in [0.4, 0.5) is 0 Å². The predicted octanol–water partition coefficient (Wildman–Crippen LogP) is 2.85. The molecule has 0 radical (unpaired) electrons. The largest absolute Gasteiger partial charge is 0.504 e. The van der Waals surface area contributed by atoms with E-state index in [1.165, 1.54) is 12.3 Å². The number of hydrogen-bond acceptors (Lipinski definition) is 6. The molecule has 1 aromatic carbocycles. The number of rotatable bonds is 6. The van der Waals surface area contributed by atoms with Gasteiger partial charge in [0, 0.05) is 30.3 Å². The van der Waals surface area contributed by atoms with Crippen LogP contribution in [0.25, 0.3) is 0 Å². The number of aromatic hydroxyl groups is 2. The maximum absolute atomic E-state index is 9.69. The predicted molar refractivity (Wildman–Crippen MR) is 88.9 cm³/mol. The van der Waals surface area contributed by atoms with Gasteiger partial charge >= 0.3 is 0 Å². The minimum Gasteiger partial charge on any atom is -0.504 e. The van der Waals surface area contributed by atoms with E-state index in [9.17, 15) is 10.2 Å². The molecule has 0 atom stereocenters. The number of hydrogen-bond donors (Lipinski definition) is 3. The maximum Gasteiger partial charge on any atom is 0.166 e. The fourth-order valence-corrected chi connectivity index (χ4v) is 1.61. The van der Waals surface area contributed by atoms with Gasteiger partial charge in [-0.15, -0.1) is 0 Å². The highest BCUT2D eigenvalue weighted by Crippen LogP contribution is 2.27. The second-order valence-corrected chi connectivity index (χ2v) is 5.94.